The van der Waals surface area contributed by atoms with Gasteiger partial charge in [0.05, 0.1) is 5.52 Å². The van der Waals surface area contributed by atoms with Gasteiger partial charge in [0.25, 0.3) is 0 Å². The van der Waals surface area contributed by atoms with Crippen LogP contribution in [-0.4, -0.2) is 28.0 Å². The van der Waals surface area contributed by atoms with Crippen LogP contribution in [0.5, 0.6) is 0 Å². The summed E-state index contributed by atoms with van der Waals surface area (Å²) in [4.78, 5) is 6.85. The normalized spacial score (nSPS) is 17.3. The standard InChI is InChI=1S/C23H26ClN3/c1-15(17-7-6-16(2)25-11-17)12-27-21-9-8-18(24)10-19(21)20-13-26(5)14-23(3,4)22(20)27/h6-12H,13-14H2,1-5H3/b15-12+. The van der Waals surface area contributed by atoms with E-state index in [1.165, 1.54) is 27.7 Å². The van der Waals surface area contributed by atoms with Crippen LogP contribution in [0.1, 0.15) is 43.3 Å². The van der Waals surface area contributed by atoms with E-state index in [2.05, 4.69) is 72.7 Å². The largest absolute Gasteiger partial charge is 0.319 e. The van der Waals surface area contributed by atoms with E-state index in [9.17, 15) is 0 Å². The number of hydrogen-bond acceptors (Lipinski definition) is 2. The molecule has 27 heavy (non-hydrogen) atoms. The first kappa shape index (κ1) is 18.3. The molecular formula is C23H26ClN3. The predicted molar refractivity (Wildman–Crippen MR) is 115 cm³/mol. The zero-order valence-electron chi connectivity index (χ0n) is 16.7. The first-order valence-corrected chi connectivity index (χ1v) is 9.77. The van der Waals surface area contributed by atoms with Gasteiger partial charge in [-0.2, -0.15) is 0 Å². The second kappa shape index (κ2) is 6.50. The Bertz CT molecular complexity index is 1040. The fraction of sp³-hybridized carbons (Fsp3) is 0.348. The summed E-state index contributed by atoms with van der Waals surface area (Å²) in [7, 11) is 2.19. The van der Waals surface area contributed by atoms with Gasteiger partial charge in [-0.1, -0.05) is 31.5 Å². The minimum absolute atomic E-state index is 0.0517. The van der Waals surface area contributed by atoms with Crippen molar-refractivity contribution < 1.29 is 0 Å². The van der Waals surface area contributed by atoms with E-state index < -0.39 is 0 Å². The van der Waals surface area contributed by atoms with Crippen molar-refractivity contribution in [1.29, 1.82) is 0 Å². The van der Waals surface area contributed by atoms with E-state index in [1.54, 1.807) is 0 Å². The number of allylic oxidation sites excluding steroid dienone is 1. The number of rotatable bonds is 2. The van der Waals surface area contributed by atoms with Crippen LogP contribution in [0.15, 0.2) is 36.5 Å². The maximum absolute atomic E-state index is 6.35. The number of nitrogens with zero attached hydrogens (tertiary/aromatic N) is 3. The minimum Gasteiger partial charge on any atom is -0.319 e. The number of aromatic nitrogens is 2. The van der Waals surface area contributed by atoms with Crippen molar-refractivity contribution >= 4 is 34.3 Å². The lowest BCUT2D eigenvalue weighted by Crippen LogP contribution is -2.40. The molecule has 0 fully saturated rings. The summed E-state index contributed by atoms with van der Waals surface area (Å²) >= 11 is 6.35. The first-order chi connectivity index (χ1) is 12.8. The summed E-state index contributed by atoms with van der Waals surface area (Å²) in [6.07, 6.45) is 4.21. The third-order valence-electron chi connectivity index (χ3n) is 5.49. The minimum atomic E-state index is 0.0517. The Hall–Kier alpha value is -2.10. The molecule has 4 rings (SSSR count). The van der Waals surface area contributed by atoms with Crippen LogP contribution in [0.2, 0.25) is 5.02 Å². The van der Waals surface area contributed by atoms with Crippen LogP contribution >= 0.6 is 11.6 Å². The number of benzene rings is 1. The topological polar surface area (TPSA) is 21.1 Å². The summed E-state index contributed by atoms with van der Waals surface area (Å²) in [6, 6.07) is 10.4. The summed E-state index contributed by atoms with van der Waals surface area (Å²) in [5.41, 5.74) is 7.43. The predicted octanol–water partition coefficient (Wildman–Crippen LogP) is 5.74. The molecule has 1 aliphatic rings. The Balaban J connectivity index is 1.98. The van der Waals surface area contributed by atoms with Gasteiger partial charge in [-0.05, 0) is 61.9 Å². The zero-order chi connectivity index (χ0) is 19.3. The van der Waals surface area contributed by atoms with Crippen molar-refractivity contribution in [1.82, 2.24) is 14.5 Å². The second-order valence-corrected chi connectivity index (χ2v) is 8.85. The molecular weight excluding hydrogens is 354 g/mol. The number of fused-ring (bicyclic) bond motifs is 3. The molecule has 0 spiro atoms. The molecule has 3 heterocycles. The first-order valence-electron chi connectivity index (χ1n) is 9.39. The van der Waals surface area contributed by atoms with E-state index in [1.807, 2.05) is 19.2 Å². The molecule has 0 bridgehead atoms. The lowest BCUT2D eigenvalue weighted by atomic mass is 9.82. The van der Waals surface area contributed by atoms with Crippen molar-refractivity contribution in [3.05, 3.63) is 64.1 Å². The Labute approximate surface area is 166 Å². The van der Waals surface area contributed by atoms with Crippen molar-refractivity contribution in [2.75, 3.05) is 13.6 Å². The molecule has 0 unspecified atom stereocenters. The van der Waals surface area contributed by atoms with Crippen LogP contribution in [0.3, 0.4) is 0 Å². The van der Waals surface area contributed by atoms with Gasteiger partial charge in [-0.25, -0.2) is 0 Å². The lowest BCUT2D eigenvalue weighted by Gasteiger charge is -2.37. The van der Waals surface area contributed by atoms with Crippen LogP contribution in [0.25, 0.3) is 22.7 Å². The maximum atomic E-state index is 6.35. The fourth-order valence-corrected chi connectivity index (χ4v) is 4.60. The highest BCUT2D eigenvalue weighted by atomic mass is 35.5. The molecule has 1 aliphatic heterocycles. The fourth-order valence-electron chi connectivity index (χ4n) is 4.43. The molecule has 0 saturated heterocycles. The molecule has 1 aromatic carbocycles. The van der Waals surface area contributed by atoms with Crippen molar-refractivity contribution in [3.8, 4) is 0 Å². The van der Waals surface area contributed by atoms with E-state index in [-0.39, 0.29) is 5.41 Å². The van der Waals surface area contributed by atoms with Crippen molar-refractivity contribution in [2.24, 2.45) is 0 Å². The average Bonchev–Trinajstić information content (AvgIpc) is 2.88. The van der Waals surface area contributed by atoms with Gasteiger partial charge in [-0.15, -0.1) is 0 Å². The summed E-state index contributed by atoms with van der Waals surface area (Å²) in [5, 5.41) is 2.04. The van der Waals surface area contributed by atoms with Gasteiger partial charge in [0, 0.05) is 52.7 Å². The highest BCUT2D eigenvalue weighted by Gasteiger charge is 2.35. The molecule has 4 heteroatoms. The number of likely N-dealkylation sites (N-methyl/N-ethyl adjacent to an activating group) is 1. The monoisotopic (exact) mass is 379 g/mol. The highest BCUT2D eigenvalue weighted by Crippen LogP contribution is 2.40. The number of pyridine rings is 1. The van der Waals surface area contributed by atoms with Crippen LogP contribution in [0, 0.1) is 6.92 Å². The van der Waals surface area contributed by atoms with E-state index >= 15 is 0 Å². The molecule has 0 N–H and O–H groups in total. The molecule has 0 radical (unpaired) electrons. The Morgan fingerprint density at radius 3 is 2.70 bits per heavy atom. The quantitative estimate of drug-likeness (QED) is 0.566. The van der Waals surface area contributed by atoms with Gasteiger partial charge < -0.3 is 9.47 Å². The SMILES string of the molecule is C/C(=C\n1c2c(c3cc(Cl)ccc31)CN(C)CC2(C)C)c1ccc(C)nc1. The molecule has 0 saturated carbocycles. The van der Waals surface area contributed by atoms with Crippen molar-refractivity contribution in [3.63, 3.8) is 0 Å². The summed E-state index contributed by atoms with van der Waals surface area (Å²) in [6.45, 7) is 10.8. The number of aryl methyl sites for hydroxylation is 1. The molecule has 140 valence electrons. The summed E-state index contributed by atoms with van der Waals surface area (Å²) in [5.74, 6) is 0. The highest BCUT2D eigenvalue weighted by molar-refractivity contribution is 6.31. The van der Waals surface area contributed by atoms with Crippen molar-refractivity contribution in [2.45, 2.75) is 39.7 Å². The zero-order valence-corrected chi connectivity index (χ0v) is 17.4. The molecule has 0 atom stereocenters. The Morgan fingerprint density at radius 2 is 2.00 bits per heavy atom. The molecule has 3 aromatic rings. The average molecular weight is 380 g/mol. The molecule has 2 aromatic heterocycles. The second-order valence-electron chi connectivity index (χ2n) is 8.42. The van der Waals surface area contributed by atoms with Gasteiger partial charge in [-0.3, -0.25) is 4.98 Å². The Kier molecular flexibility index (Phi) is 4.40. The number of hydrogen-bond donors (Lipinski definition) is 0. The third-order valence-corrected chi connectivity index (χ3v) is 5.73. The van der Waals surface area contributed by atoms with E-state index in [0.717, 1.165) is 29.4 Å². The van der Waals surface area contributed by atoms with Crippen LogP contribution < -0.4 is 0 Å². The van der Waals surface area contributed by atoms with E-state index in [0.29, 0.717) is 0 Å². The Morgan fingerprint density at radius 1 is 1.22 bits per heavy atom. The van der Waals surface area contributed by atoms with Gasteiger partial charge in [0.15, 0.2) is 0 Å². The lowest BCUT2D eigenvalue weighted by molar-refractivity contribution is 0.232. The molecule has 0 aliphatic carbocycles. The molecule has 0 amide bonds. The van der Waals surface area contributed by atoms with Crippen LogP contribution in [-0.2, 0) is 12.0 Å². The third kappa shape index (κ3) is 3.19. The van der Waals surface area contributed by atoms with Gasteiger partial charge >= 0.3 is 0 Å². The summed E-state index contributed by atoms with van der Waals surface area (Å²) < 4.78 is 2.38. The molecule has 3 nitrogen and oxygen atoms in total. The number of halogens is 1. The van der Waals surface area contributed by atoms with Gasteiger partial charge in [0.2, 0.25) is 0 Å². The van der Waals surface area contributed by atoms with E-state index in [4.69, 9.17) is 11.6 Å². The van der Waals surface area contributed by atoms with Gasteiger partial charge in [0.1, 0.15) is 0 Å². The van der Waals surface area contributed by atoms with Crippen LogP contribution in [0.4, 0.5) is 0 Å². The smallest absolute Gasteiger partial charge is 0.0530 e. The maximum Gasteiger partial charge on any atom is 0.0530 e.